The summed E-state index contributed by atoms with van der Waals surface area (Å²) in [5.74, 6) is 0. The fraction of sp³-hybridized carbons (Fsp3) is 0. The van der Waals surface area contributed by atoms with E-state index in [0.29, 0.717) is 0 Å². The second-order valence-electron chi connectivity index (χ2n) is 13.7. The van der Waals surface area contributed by atoms with Gasteiger partial charge in [-0.2, -0.15) is 0 Å². The Labute approximate surface area is 315 Å². The van der Waals surface area contributed by atoms with Crippen molar-refractivity contribution in [3.05, 3.63) is 218 Å². The summed E-state index contributed by atoms with van der Waals surface area (Å²) < 4.78 is 2.44. The topological polar surface area (TPSA) is 8.17 Å². The van der Waals surface area contributed by atoms with Crippen LogP contribution >= 0.6 is 0 Å². The molecule has 0 spiro atoms. The maximum atomic E-state index is 2.44. The number of aromatic nitrogens is 1. The van der Waals surface area contributed by atoms with Gasteiger partial charge in [-0.1, -0.05) is 158 Å². The molecule has 0 radical (unpaired) electrons. The third kappa shape index (κ3) is 5.44. The number of nitrogens with zero attached hydrogens (tertiary/aromatic N) is 2. The first-order valence-electron chi connectivity index (χ1n) is 18.5. The van der Waals surface area contributed by atoms with Gasteiger partial charge in [0.15, 0.2) is 0 Å². The third-order valence-electron chi connectivity index (χ3n) is 10.6. The van der Waals surface area contributed by atoms with Crippen molar-refractivity contribution in [2.75, 3.05) is 4.90 Å². The molecule has 0 saturated carbocycles. The third-order valence-corrected chi connectivity index (χ3v) is 10.6. The molecular formula is C52H36N2. The van der Waals surface area contributed by atoms with E-state index in [1.54, 1.807) is 0 Å². The molecular weight excluding hydrogens is 653 g/mol. The van der Waals surface area contributed by atoms with Crippen LogP contribution in [0.3, 0.4) is 0 Å². The zero-order valence-corrected chi connectivity index (χ0v) is 29.7. The van der Waals surface area contributed by atoms with Gasteiger partial charge in [0.1, 0.15) is 0 Å². The van der Waals surface area contributed by atoms with Crippen molar-refractivity contribution in [2.24, 2.45) is 0 Å². The van der Waals surface area contributed by atoms with Gasteiger partial charge in [0, 0.05) is 33.5 Å². The lowest BCUT2D eigenvalue weighted by molar-refractivity contribution is 1.18. The maximum Gasteiger partial charge on any atom is 0.0547 e. The number of hydrogen-bond donors (Lipinski definition) is 0. The molecule has 2 heteroatoms. The van der Waals surface area contributed by atoms with Crippen molar-refractivity contribution in [2.45, 2.75) is 0 Å². The minimum absolute atomic E-state index is 1.12. The molecule has 0 amide bonds. The van der Waals surface area contributed by atoms with E-state index in [-0.39, 0.29) is 0 Å². The van der Waals surface area contributed by atoms with Crippen LogP contribution in [0, 0.1) is 0 Å². The molecule has 9 aromatic carbocycles. The molecule has 54 heavy (non-hydrogen) atoms. The standard InChI is InChI=1S/C52H36N2/c1-4-15-39(16-5-1)45-22-12-13-24-47(45)48-25-14-26-49-52(48)51-46-23-11-10-17-40(46)31-36-50(51)54(49)44-34-29-38(30-35-44)37-27-32-43(33-28-37)53(41-18-6-2-7-19-41)42-20-8-3-9-21-42/h1-36H. The van der Waals surface area contributed by atoms with Crippen LogP contribution in [0.1, 0.15) is 0 Å². The van der Waals surface area contributed by atoms with Crippen LogP contribution in [-0.4, -0.2) is 4.57 Å². The van der Waals surface area contributed by atoms with Crippen LogP contribution in [0.15, 0.2) is 218 Å². The van der Waals surface area contributed by atoms with Crippen molar-refractivity contribution in [1.29, 1.82) is 0 Å². The lowest BCUT2D eigenvalue weighted by Crippen LogP contribution is -2.09. The lowest BCUT2D eigenvalue weighted by Gasteiger charge is -2.25. The maximum absolute atomic E-state index is 2.44. The summed E-state index contributed by atoms with van der Waals surface area (Å²) in [6.45, 7) is 0. The van der Waals surface area contributed by atoms with Crippen LogP contribution in [0.25, 0.3) is 71.6 Å². The number of rotatable bonds is 7. The number of para-hydroxylation sites is 2. The van der Waals surface area contributed by atoms with Gasteiger partial charge in [-0.3, -0.25) is 0 Å². The molecule has 0 N–H and O–H groups in total. The molecule has 0 bridgehead atoms. The van der Waals surface area contributed by atoms with E-state index >= 15 is 0 Å². The van der Waals surface area contributed by atoms with Gasteiger partial charge in [-0.15, -0.1) is 0 Å². The molecule has 0 aliphatic carbocycles. The molecule has 0 aliphatic rings. The molecule has 0 atom stereocenters. The van der Waals surface area contributed by atoms with Crippen molar-refractivity contribution < 1.29 is 0 Å². The Balaban J connectivity index is 1.09. The smallest absolute Gasteiger partial charge is 0.0547 e. The molecule has 0 unspecified atom stereocenters. The quantitative estimate of drug-likeness (QED) is 0.162. The molecule has 1 heterocycles. The Bertz CT molecular complexity index is 2850. The summed E-state index contributed by atoms with van der Waals surface area (Å²) in [5.41, 5.74) is 14.2. The van der Waals surface area contributed by atoms with Gasteiger partial charge < -0.3 is 9.47 Å². The zero-order chi connectivity index (χ0) is 35.8. The summed E-state index contributed by atoms with van der Waals surface area (Å²) in [5, 5.41) is 5.06. The van der Waals surface area contributed by atoms with Crippen molar-refractivity contribution >= 4 is 49.6 Å². The van der Waals surface area contributed by atoms with Crippen molar-refractivity contribution in [3.63, 3.8) is 0 Å². The van der Waals surface area contributed by atoms with E-state index < -0.39 is 0 Å². The van der Waals surface area contributed by atoms with E-state index in [9.17, 15) is 0 Å². The van der Waals surface area contributed by atoms with E-state index in [1.165, 1.54) is 66.0 Å². The van der Waals surface area contributed by atoms with Gasteiger partial charge in [0.25, 0.3) is 0 Å². The summed E-state index contributed by atoms with van der Waals surface area (Å²) in [4.78, 5) is 2.30. The normalized spacial score (nSPS) is 11.3. The SMILES string of the molecule is c1ccc(-c2ccccc2-c2cccc3c2c2c4ccccc4ccc2n3-c2ccc(-c3ccc(N(c4ccccc4)c4ccccc4)cc3)cc2)cc1. The van der Waals surface area contributed by atoms with E-state index in [4.69, 9.17) is 0 Å². The van der Waals surface area contributed by atoms with Crippen LogP contribution in [-0.2, 0) is 0 Å². The first-order valence-corrected chi connectivity index (χ1v) is 18.5. The van der Waals surface area contributed by atoms with Crippen LogP contribution < -0.4 is 4.90 Å². The summed E-state index contributed by atoms with van der Waals surface area (Å²) in [6.07, 6.45) is 0. The Morgan fingerprint density at radius 2 is 0.815 bits per heavy atom. The highest BCUT2D eigenvalue weighted by Crippen LogP contribution is 2.44. The number of anilines is 3. The van der Waals surface area contributed by atoms with Gasteiger partial charge in [-0.05, 0) is 105 Å². The summed E-state index contributed by atoms with van der Waals surface area (Å²) in [7, 11) is 0. The molecule has 0 saturated heterocycles. The minimum atomic E-state index is 1.12. The molecule has 10 rings (SSSR count). The molecule has 10 aromatic rings. The second-order valence-corrected chi connectivity index (χ2v) is 13.7. The zero-order valence-electron chi connectivity index (χ0n) is 29.7. The Morgan fingerprint density at radius 3 is 1.50 bits per heavy atom. The highest BCUT2D eigenvalue weighted by atomic mass is 15.1. The fourth-order valence-electron chi connectivity index (χ4n) is 8.13. The Morgan fingerprint density at radius 1 is 0.296 bits per heavy atom. The Hall–Kier alpha value is -7.16. The highest BCUT2D eigenvalue weighted by molar-refractivity contribution is 6.25. The van der Waals surface area contributed by atoms with Crippen molar-refractivity contribution in [1.82, 2.24) is 4.57 Å². The molecule has 0 aliphatic heterocycles. The number of fused-ring (bicyclic) bond motifs is 5. The summed E-state index contributed by atoms with van der Waals surface area (Å²) >= 11 is 0. The predicted molar refractivity (Wildman–Crippen MR) is 229 cm³/mol. The van der Waals surface area contributed by atoms with Gasteiger partial charge in [0.2, 0.25) is 0 Å². The van der Waals surface area contributed by atoms with E-state index in [2.05, 4.69) is 228 Å². The fourth-order valence-corrected chi connectivity index (χ4v) is 8.13. The molecule has 2 nitrogen and oxygen atoms in total. The monoisotopic (exact) mass is 688 g/mol. The first kappa shape index (κ1) is 31.6. The number of hydrogen-bond acceptors (Lipinski definition) is 1. The van der Waals surface area contributed by atoms with Gasteiger partial charge in [-0.25, -0.2) is 0 Å². The second kappa shape index (κ2) is 13.4. The minimum Gasteiger partial charge on any atom is -0.311 e. The average molecular weight is 689 g/mol. The summed E-state index contributed by atoms with van der Waals surface area (Å²) in [6, 6.07) is 78.7. The largest absolute Gasteiger partial charge is 0.311 e. The predicted octanol–water partition coefficient (Wildman–Crippen LogP) is 14.4. The first-order chi connectivity index (χ1) is 26.8. The van der Waals surface area contributed by atoms with Crippen LogP contribution in [0.4, 0.5) is 17.1 Å². The van der Waals surface area contributed by atoms with E-state index in [1.807, 2.05) is 0 Å². The van der Waals surface area contributed by atoms with Crippen molar-refractivity contribution in [3.8, 4) is 39.1 Å². The highest BCUT2D eigenvalue weighted by Gasteiger charge is 2.20. The van der Waals surface area contributed by atoms with Gasteiger partial charge >= 0.3 is 0 Å². The van der Waals surface area contributed by atoms with Gasteiger partial charge in [0.05, 0.1) is 11.0 Å². The van der Waals surface area contributed by atoms with E-state index in [0.717, 1.165) is 22.7 Å². The molecule has 254 valence electrons. The lowest BCUT2D eigenvalue weighted by atomic mass is 9.91. The molecule has 1 aromatic heterocycles. The van der Waals surface area contributed by atoms with Crippen LogP contribution in [0.5, 0.6) is 0 Å². The average Bonchev–Trinajstić information content (AvgIpc) is 3.60. The Kier molecular flexibility index (Phi) is 7.85. The van der Waals surface area contributed by atoms with Crippen LogP contribution in [0.2, 0.25) is 0 Å². The number of benzene rings is 9. The molecule has 0 fully saturated rings.